The zero-order valence-electron chi connectivity index (χ0n) is 11.3. The number of nitrogens with one attached hydrogen (secondary N) is 1. The van der Waals surface area contributed by atoms with Gasteiger partial charge in [0.05, 0.1) is 11.4 Å². The Morgan fingerprint density at radius 1 is 1.35 bits per heavy atom. The molecule has 1 aliphatic carbocycles. The van der Waals surface area contributed by atoms with E-state index < -0.39 is 0 Å². The Kier molecular flexibility index (Phi) is 3.48. The van der Waals surface area contributed by atoms with Gasteiger partial charge in [0.2, 0.25) is 0 Å². The van der Waals surface area contributed by atoms with Gasteiger partial charge in [-0.1, -0.05) is 13.8 Å². The lowest BCUT2D eigenvalue weighted by Crippen LogP contribution is -2.31. The number of hydrogen-bond donors (Lipinski definition) is 1. The fraction of sp³-hybridized carbons (Fsp3) is 0.714. The minimum atomic E-state index is 0.294. The van der Waals surface area contributed by atoms with Crippen LogP contribution in [0.2, 0.25) is 0 Å². The Morgan fingerprint density at radius 3 is 2.65 bits per heavy atom. The van der Waals surface area contributed by atoms with Crippen molar-refractivity contribution in [3.05, 3.63) is 23.8 Å². The molecule has 0 aliphatic heterocycles. The van der Waals surface area contributed by atoms with Crippen molar-refractivity contribution in [3.63, 3.8) is 0 Å². The Bertz CT molecular complexity index is 387. The second-order valence-corrected chi connectivity index (χ2v) is 6.02. The topological polar surface area (TPSA) is 37.8 Å². The minimum absolute atomic E-state index is 0.294. The average Bonchev–Trinajstić information content (AvgIpc) is 2.58. The smallest absolute Gasteiger partial charge is 0.0782 e. The number of rotatable bonds is 3. The van der Waals surface area contributed by atoms with E-state index in [1.807, 2.05) is 6.92 Å². The molecule has 1 aromatic heterocycles. The lowest BCUT2D eigenvalue weighted by atomic mass is 9.92. The molecule has 0 radical (unpaired) electrons. The summed E-state index contributed by atoms with van der Waals surface area (Å²) in [6, 6.07) is 0.920. The summed E-state index contributed by atoms with van der Waals surface area (Å²) in [5.41, 5.74) is 2.61. The summed E-state index contributed by atoms with van der Waals surface area (Å²) in [5.74, 6) is 0. The molecule has 0 spiro atoms. The van der Waals surface area contributed by atoms with E-state index in [2.05, 4.69) is 36.1 Å². The quantitative estimate of drug-likeness (QED) is 0.872. The van der Waals surface area contributed by atoms with Gasteiger partial charge in [0.1, 0.15) is 0 Å². The summed E-state index contributed by atoms with van der Waals surface area (Å²) in [4.78, 5) is 8.73. The van der Waals surface area contributed by atoms with Gasteiger partial charge < -0.3 is 5.32 Å². The largest absolute Gasteiger partial charge is 0.306 e. The summed E-state index contributed by atoms with van der Waals surface area (Å²) in [7, 11) is 0. The maximum atomic E-state index is 4.43. The van der Waals surface area contributed by atoms with Gasteiger partial charge in [-0.05, 0) is 38.5 Å². The van der Waals surface area contributed by atoms with Gasteiger partial charge in [0, 0.05) is 24.5 Å². The van der Waals surface area contributed by atoms with Crippen LogP contribution >= 0.6 is 0 Å². The number of aryl methyl sites for hydroxylation is 1. The van der Waals surface area contributed by atoms with Crippen LogP contribution in [-0.4, -0.2) is 16.0 Å². The molecule has 1 fully saturated rings. The first-order valence-corrected chi connectivity index (χ1v) is 6.51. The molecular formula is C14H23N3. The van der Waals surface area contributed by atoms with E-state index in [4.69, 9.17) is 0 Å². The van der Waals surface area contributed by atoms with Crippen molar-refractivity contribution >= 4 is 0 Å². The summed E-state index contributed by atoms with van der Waals surface area (Å²) < 4.78 is 0. The van der Waals surface area contributed by atoms with Gasteiger partial charge in [-0.15, -0.1) is 0 Å². The van der Waals surface area contributed by atoms with Crippen LogP contribution in [0.4, 0.5) is 0 Å². The predicted octanol–water partition coefficient (Wildman–Crippen LogP) is 3.01. The van der Waals surface area contributed by atoms with Crippen LogP contribution in [0.1, 0.15) is 57.5 Å². The molecule has 3 heteroatoms. The summed E-state index contributed by atoms with van der Waals surface area (Å²) >= 11 is 0. The third kappa shape index (κ3) is 3.03. The molecule has 17 heavy (non-hydrogen) atoms. The lowest BCUT2D eigenvalue weighted by molar-refractivity contribution is 0.355. The van der Waals surface area contributed by atoms with Crippen LogP contribution in [0, 0.1) is 12.3 Å². The highest BCUT2D eigenvalue weighted by Crippen LogP contribution is 2.37. The lowest BCUT2D eigenvalue weighted by Gasteiger charge is -2.22. The fourth-order valence-electron chi connectivity index (χ4n) is 2.85. The highest BCUT2D eigenvalue weighted by atomic mass is 15.0. The number of aromatic nitrogens is 2. The van der Waals surface area contributed by atoms with Crippen molar-refractivity contribution in [3.8, 4) is 0 Å². The first-order valence-electron chi connectivity index (χ1n) is 6.51. The van der Waals surface area contributed by atoms with E-state index in [0.717, 1.165) is 11.4 Å². The Balaban J connectivity index is 1.99. The molecule has 1 saturated carbocycles. The van der Waals surface area contributed by atoms with Crippen molar-refractivity contribution in [2.75, 3.05) is 0 Å². The third-order valence-corrected chi connectivity index (χ3v) is 3.78. The molecule has 1 aromatic rings. The minimum Gasteiger partial charge on any atom is -0.306 e. The van der Waals surface area contributed by atoms with Crippen LogP contribution in [0.3, 0.4) is 0 Å². The molecule has 94 valence electrons. The van der Waals surface area contributed by atoms with E-state index >= 15 is 0 Å². The second-order valence-electron chi connectivity index (χ2n) is 6.02. The Hall–Kier alpha value is -0.960. The molecule has 0 aromatic carbocycles. The second kappa shape index (κ2) is 4.73. The van der Waals surface area contributed by atoms with Crippen molar-refractivity contribution in [1.82, 2.24) is 15.3 Å². The fourth-order valence-corrected chi connectivity index (χ4v) is 2.85. The van der Waals surface area contributed by atoms with Gasteiger partial charge in [-0.3, -0.25) is 9.97 Å². The van der Waals surface area contributed by atoms with E-state index in [0.29, 0.717) is 17.5 Å². The molecule has 0 bridgehead atoms. The van der Waals surface area contributed by atoms with E-state index in [9.17, 15) is 0 Å². The molecule has 2 unspecified atom stereocenters. The van der Waals surface area contributed by atoms with Crippen LogP contribution in [-0.2, 0) is 0 Å². The van der Waals surface area contributed by atoms with E-state index in [1.165, 1.54) is 19.3 Å². The van der Waals surface area contributed by atoms with Gasteiger partial charge in [-0.25, -0.2) is 0 Å². The molecule has 3 nitrogen and oxygen atoms in total. The van der Waals surface area contributed by atoms with Crippen LogP contribution in [0.25, 0.3) is 0 Å². The average molecular weight is 233 g/mol. The molecule has 1 N–H and O–H groups in total. The van der Waals surface area contributed by atoms with Crippen LogP contribution < -0.4 is 5.32 Å². The van der Waals surface area contributed by atoms with Crippen LogP contribution in [0.15, 0.2) is 12.4 Å². The Morgan fingerprint density at radius 2 is 2.06 bits per heavy atom. The summed E-state index contributed by atoms with van der Waals surface area (Å²) in [5, 5.41) is 3.69. The normalized spacial score (nSPS) is 24.8. The zero-order valence-corrected chi connectivity index (χ0v) is 11.3. The summed E-state index contributed by atoms with van der Waals surface area (Å²) in [6.45, 7) is 8.92. The molecule has 1 heterocycles. The molecule has 0 amide bonds. The summed E-state index contributed by atoms with van der Waals surface area (Å²) in [6.07, 6.45) is 7.38. The maximum absolute atomic E-state index is 4.43. The predicted molar refractivity (Wildman–Crippen MR) is 69.7 cm³/mol. The first kappa shape index (κ1) is 12.5. The van der Waals surface area contributed by atoms with Gasteiger partial charge >= 0.3 is 0 Å². The standard InChI is InChI=1S/C14H23N3/c1-10-13(16-8-7-15-10)11(2)17-12-5-6-14(3,4)9-12/h7-8,11-12,17H,5-6,9H2,1-4H3. The highest BCUT2D eigenvalue weighted by Gasteiger charge is 2.31. The highest BCUT2D eigenvalue weighted by molar-refractivity contribution is 5.12. The number of nitrogens with zero attached hydrogens (tertiary/aromatic N) is 2. The molecular weight excluding hydrogens is 210 g/mol. The monoisotopic (exact) mass is 233 g/mol. The maximum Gasteiger partial charge on any atom is 0.0782 e. The molecule has 2 atom stereocenters. The first-order chi connectivity index (χ1) is 7.98. The molecule has 1 aliphatic rings. The third-order valence-electron chi connectivity index (χ3n) is 3.78. The van der Waals surface area contributed by atoms with Gasteiger partial charge in [0.25, 0.3) is 0 Å². The van der Waals surface area contributed by atoms with Gasteiger partial charge in [0.15, 0.2) is 0 Å². The number of hydrogen-bond acceptors (Lipinski definition) is 3. The SMILES string of the molecule is Cc1nccnc1C(C)NC1CCC(C)(C)C1. The van der Waals surface area contributed by atoms with E-state index in [-0.39, 0.29) is 0 Å². The molecule has 0 saturated heterocycles. The van der Waals surface area contributed by atoms with Gasteiger partial charge in [-0.2, -0.15) is 0 Å². The Labute approximate surface area is 104 Å². The van der Waals surface area contributed by atoms with Crippen molar-refractivity contribution in [2.24, 2.45) is 5.41 Å². The zero-order chi connectivity index (χ0) is 12.5. The van der Waals surface area contributed by atoms with E-state index in [1.54, 1.807) is 12.4 Å². The van der Waals surface area contributed by atoms with Crippen LogP contribution in [0.5, 0.6) is 0 Å². The van der Waals surface area contributed by atoms with Crippen molar-refractivity contribution < 1.29 is 0 Å². The molecule has 2 rings (SSSR count). The van der Waals surface area contributed by atoms with Crippen molar-refractivity contribution in [1.29, 1.82) is 0 Å². The van der Waals surface area contributed by atoms with Crippen molar-refractivity contribution in [2.45, 2.75) is 59.0 Å².